The Morgan fingerprint density at radius 1 is 1.06 bits per heavy atom. The number of hydrogen-bond donors (Lipinski definition) is 2. The molecule has 0 aliphatic heterocycles. The smallest absolute Gasteiger partial charge is 0.264 e. The molecule has 0 spiro atoms. The average molecular weight is 290 g/mol. The van der Waals surface area contributed by atoms with Crippen molar-refractivity contribution in [1.29, 1.82) is 0 Å². The quantitative estimate of drug-likeness (QED) is 0.591. The zero-order chi connectivity index (χ0) is 13.7. The Balaban J connectivity index is 0.000000437. The van der Waals surface area contributed by atoms with Crippen molar-refractivity contribution in [1.82, 2.24) is 0 Å². The molecular formula is C8H11NaO6S2. The topological polar surface area (TPSA) is 109 Å². The fraction of sp³-hybridized carbons (Fsp3) is 0.250. The molecule has 1 aromatic rings. The van der Waals surface area contributed by atoms with Crippen molar-refractivity contribution in [2.24, 2.45) is 0 Å². The first kappa shape index (κ1) is 17.0. The summed E-state index contributed by atoms with van der Waals surface area (Å²) < 4.78 is 54.7. The van der Waals surface area contributed by atoms with E-state index in [1.165, 1.54) is 11.8 Å². The van der Waals surface area contributed by atoms with Gasteiger partial charge in [-0.05, 0) is 0 Å². The fourth-order valence-electron chi connectivity index (χ4n) is 0.972. The minimum atomic E-state index is -4.67. The van der Waals surface area contributed by atoms with Crippen LogP contribution in [0.1, 0.15) is 5.56 Å². The van der Waals surface area contributed by atoms with Crippen LogP contribution in [0.2, 0.25) is 0 Å². The Kier molecular flexibility index (Phi) is 6.85. The number of rotatable bonds is 2. The van der Waals surface area contributed by atoms with Crippen molar-refractivity contribution >= 4 is 48.2 Å². The zero-order valence-electron chi connectivity index (χ0n) is 9.36. The summed E-state index contributed by atoms with van der Waals surface area (Å²) in [6, 6.07) is 7.10. The molecule has 1 aromatic carbocycles. The molecule has 9 heteroatoms. The van der Waals surface area contributed by atoms with Crippen LogP contribution in [-0.2, 0) is 23.9 Å². The second kappa shape index (κ2) is 6.83. The van der Waals surface area contributed by atoms with Crippen LogP contribution in [0.3, 0.4) is 0 Å². The first-order chi connectivity index (χ1) is 7.54. The summed E-state index contributed by atoms with van der Waals surface area (Å²) in [7, 11) is -7.68. The zero-order valence-corrected chi connectivity index (χ0v) is 13.0. The molecule has 0 fully saturated rings. The molecular weight excluding hydrogens is 279 g/mol. The number of sulfone groups is 1. The Bertz CT molecular complexity index is 538. The van der Waals surface area contributed by atoms with Crippen molar-refractivity contribution in [2.45, 2.75) is 8.57 Å². The number of hydrogen-bond acceptors (Lipinski definition) is 4. The summed E-state index contributed by atoms with van der Waals surface area (Å²) >= 11 is 1.11. The van der Waals surface area contributed by atoms with Gasteiger partial charge in [-0.15, -0.1) is 0 Å². The number of benzene rings is 1. The molecule has 2 N–H and O–H groups in total. The molecule has 6 nitrogen and oxygen atoms in total. The van der Waals surface area contributed by atoms with Crippen molar-refractivity contribution in [2.75, 3.05) is 6.26 Å². The second-order valence-corrected chi connectivity index (χ2v) is 6.84. The van der Waals surface area contributed by atoms with Crippen molar-refractivity contribution < 1.29 is 25.9 Å². The van der Waals surface area contributed by atoms with Crippen LogP contribution in [0.25, 0.3) is 0 Å². The second-order valence-electron chi connectivity index (χ2n) is 3.22. The van der Waals surface area contributed by atoms with Crippen LogP contribution in [0.4, 0.5) is 0 Å². The Morgan fingerprint density at radius 2 is 1.41 bits per heavy atom. The van der Waals surface area contributed by atoms with E-state index in [1.807, 2.05) is 12.1 Å². The summed E-state index contributed by atoms with van der Waals surface area (Å²) in [6.07, 6.45) is 1.22. The maximum absolute atomic E-state index is 11.0. The molecule has 0 atom stereocenters. The van der Waals surface area contributed by atoms with Crippen molar-refractivity contribution in [3.8, 4) is 0 Å². The van der Waals surface area contributed by atoms with Gasteiger partial charge in [-0.2, -0.15) is 8.42 Å². The summed E-state index contributed by atoms with van der Waals surface area (Å²) in [6.45, 7) is 0. The molecule has 0 aromatic heterocycles. The van der Waals surface area contributed by atoms with Crippen LogP contribution >= 0.6 is 0 Å². The van der Waals surface area contributed by atoms with E-state index in [4.69, 9.17) is 17.5 Å². The Labute approximate surface area is 118 Å². The van der Waals surface area contributed by atoms with Crippen LogP contribution < -0.4 is 0 Å². The van der Waals surface area contributed by atoms with Gasteiger partial charge in [0.1, 0.15) is 0 Å². The predicted molar refractivity (Wildman–Crippen MR) is 63.2 cm³/mol. The minimum absolute atomic E-state index is 0.404. The molecule has 17 heavy (non-hydrogen) atoms. The largest absolute Gasteiger partial charge is 0.394 e. The first-order valence-electron chi connectivity index (χ1n) is 4.53. The van der Waals surface area contributed by atoms with Gasteiger partial charge in [0.2, 0.25) is 0 Å². The van der Waals surface area contributed by atoms with E-state index in [1.54, 1.807) is 12.1 Å². The molecule has 0 aliphatic rings. The molecule has 0 unspecified atom stereocenters. The standard InChI is InChI=1S/C8H9O2S.Na.H2O4S/c1-7-3-5-8(6-4-7)11(2,9)10;;1-5(2,3)4/h3-6H,1H2,2H3;;(H2,1,2,3,4). The van der Waals surface area contributed by atoms with Gasteiger partial charge in [0.25, 0.3) is 0 Å². The van der Waals surface area contributed by atoms with Gasteiger partial charge in [0, 0.05) is 0 Å². The Hall–Kier alpha value is 0.0400. The normalized spacial score (nSPS) is 11.6. The third kappa shape index (κ3) is 9.72. The molecule has 0 heterocycles. The molecule has 0 bridgehead atoms. The predicted octanol–water partition coefficient (Wildman–Crippen LogP) is 0.106. The minimum Gasteiger partial charge on any atom is -0.264 e. The van der Waals surface area contributed by atoms with Gasteiger partial charge in [0.15, 0.2) is 0 Å². The van der Waals surface area contributed by atoms with E-state index in [9.17, 15) is 8.42 Å². The average Bonchev–Trinajstić information content (AvgIpc) is 2.14. The van der Waals surface area contributed by atoms with Gasteiger partial charge < -0.3 is 0 Å². The Morgan fingerprint density at radius 3 is 1.65 bits per heavy atom. The van der Waals surface area contributed by atoms with Crippen molar-refractivity contribution in [3.05, 3.63) is 29.8 Å². The summed E-state index contributed by atoms with van der Waals surface area (Å²) in [4.78, 5) is 0.404. The molecule has 1 rings (SSSR count). The SMILES string of the molecule is CS(=O)(=O)c1ccc([CH2][Na])cc1.O=S(=O)(O)O. The fourth-order valence-corrected chi connectivity index (χ4v) is 2.07. The maximum Gasteiger partial charge on any atom is 0.394 e. The molecule has 0 amide bonds. The van der Waals surface area contributed by atoms with Gasteiger partial charge in [0.05, 0.1) is 0 Å². The third-order valence-electron chi connectivity index (χ3n) is 1.76. The van der Waals surface area contributed by atoms with E-state index in [0.29, 0.717) is 4.90 Å². The maximum atomic E-state index is 11.0. The van der Waals surface area contributed by atoms with Crippen LogP contribution in [0.5, 0.6) is 0 Å². The first-order valence-corrected chi connectivity index (χ1v) is 9.23. The van der Waals surface area contributed by atoms with E-state index in [-0.39, 0.29) is 0 Å². The third-order valence-corrected chi connectivity index (χ3v) is 3.70. The van der Waals surface area contributed by atoms with Crippen LogP contribution in [0.15, 0.2) is 29.2 Å². The molecule has 0 saturated carbocycles. The summed E-state index contributed by atoms with van der Waals surface area (Å²) in [5, 5.41) is 0. The van der Waals surface area contributed by atoms with Gasteiger partial charge in [-0.25, -0.2) is 0 Å². The summed E-state index contributed by atoms with van der Waals surface area (Å²) in [5.41, 5.74) is 1.22. The summed E-state index contributed by atoms with van der Waals surface area (Å²) in [5.74, 6) is 0. The van der Waals surface area contributed by atoms with E-state index in [2.05, 4.69) is 0 Å². The molecule has 0 aliphatic carbocycles. The van der Waals surface area contributed by atoms with Gasteiger partial charge >= 0.3 is 101 Å². The monoisotopic (exact) mass is 290 g/mol. The van der Waals surface area contributed by atoms with Gasteiger partial charge in [-0.1, -0.05) is 0 Å². The molecule has 0 radical (unpaired) electrons. The molecule has 92 valence electrons. The van der Waals surface area contributed by atoms with E-state index < -0.39 is 20.2 Å². The molecule has 0 saturated heterocycles. The van der Waals surface area contributed by atoms with Crippen molar-refractivity contribution in [3.63, 3.8) is 0 Å². The van der Waals surface area contributed by atoms with E-state index in [0.717, 1.165) is 31.6 Å². The van der Waals surface area contributed by atoms with Crippen LogP contribution in [0, 0.1) is 0 Å². The van der Waals surface area contributed by atoms with Gasteiger partial charge in [-0.3, -0.25) is 9.11 Å². The van der Waals surface area contributed by atoms with Crippen LogP contribution in [-0.4, -0.2) is 60.1 Å². The van der Waals surface area contributed by atoms with E-state index >= 15 is 0 Å².